The van der Waals surface area contributed by atoms with Crippen LogP contribution in [0.2, 0.25) is 0 Å². The Bertz CT molecular complexity index is 1260. The third kappa shape index (κ3) is 3.79. The molecule has 4 heterocycles. The standard InChI is InChI=1S/C21H23N7OS2/c1-4-6-8-11-16(20-25-19-13(10-24-27-19)21(26-20)30-3)28-29-17(11)15-12(9-22)18(23)31-14(15)7-5-2/h10H,4-8,23H2,1-3H3,(H,24,25,26,27). The number of thiophene rings is 1. The number of hydrogen-bond acceptors (Lipinski definition) is 9. The minimum atomic E-state index is 0.462. The van der Waals surface area contributed by atoms with Crippen molar-refractivity contribution in [3.05, 3.63) is 22.2 Å². The van der Waals surface area contributed by atoms with Gasteiger partial charge in [0, 0.05) is 10.4 Å². The maximum atomic E-state index is 9.77. The van der Waals surface area contributed by atoms with Crippen molar-refractivity contribution < 1.29 is 4.52 Å². The van der Waals surface area contributed by atoms with E-state index in [0.717, 1.165) is 58.5 Å². The van der Waals surface area contributed by atoms with Gasteiger partial charge in [-0.05, 0) is 25.5 Å². The van der Waals surface area contributed by atoms with Gasteiger partial charge in [0.2, 0.25) is 0 Å². The number of nitrogens with one attached hydrogen (secondary N) is 1. The van der Waals surface area contributed by atoms with Crippen molar-refractivity contribution in [2.75, 3.05) is 12.0 Å². The second-order valence-electron chi connectivity index (χ2n) is 7.13. The Balaban J connectivity index is 1.94. The van der Waals surface area contributed by atoms with Crippen molar-refractivity contribution in [2.24, 2.45) is 0 Å². The molecule has 4 aromatic heterocycles. The van der Waals surface area contributed by atoms with Crippen LogP contribution in [0.1, 0.15) is 49.1 Å². The molecule has 3 N–H and O–H groups in total. The number of hydrogen-bond donors (Lipinski definition) is 2. The number of aryl methyl sites for hydroxylation is 1. The highest BCUT2D eigenvalue weighted by molar-refractivity contribution is 7.98. The Morgan fingerprint density at radius 2 is 2.10 bits per heavy atom. The van der Waals surface area contributed by atoms with E-state index in [1.165, 1.54) is 23.1 Å². The number of unbranched alkanes of at least 4 members (excludes halogenated alkanes) is 1. The maximum absolute atomic E-state index is 9.77. The molecule has 0 saturated heterocycles. The van der Waals surface area contributed by atoms with Crippen molar-refractivity contribution in [3.8, 4) is 28.9 Å². The highest BCUT2D eigenvalue weighted by atomic mass is 32.2. The summed E-state index contributed by atoms with van der Waals surface area (Å²) in [6.45, 7) is 4.24. The van der Waals surface area contributed by atoms with Crippen LogP contribution < -0.4 is 5.73 Å². The fourth-order valence-corrected chi connectivity index (χ4v) is 5.25. The number of aromatic nitrogens is 5. The lowest BCUT2D eigenvalue weighted by Gasteiger charge is -2.06. The van der Waals surface area contributed by atoms with E-state index in [0.29, 0.717) is 33.5 Å². The van der Waals surface area contributed by atoms with Crippen molar-refractivity contribution in [1.82, 2.24) is 25.3 Å². The summed E-state index contributed by atoms with van der Waals surface area (Å²) in [6, 6.07) is 2.26. The van der Waals surface area contributed by atoms with Gasteiger partial charge in [0.1, 0.15) is 16.1 Å². The van der Waals surface area contributed by atoms with E-state index in [4.69, 9.17) is 15.2 Å². The molecular weight excluding hydrogens is 430 g/mol. The summed E-state index contributed by atoms with van der Waals surface area (Å²) in [5.74, 6) is 1.09. The van der Waals surface area contributed by atoms with Crippen molar-refractivity contribution in [3.63, 3.8) is 0 Å². The number of aromatic amines is 1. The van der Waals surface area contributed by atoms with Crippen LogP contribution in [0.3, 0.4) is 0 Å². The second kappa shape index (κ2) is 9.08. The smallest absolute Gasteiger partial charge is 0.185 e. The molecule has 0 amide bonds. The van der Waals surface area contributed by atoms with E-state index in [2.05, 4.69) is 40.3 Å². The molecule has 0 aromatic carbocycles. The topological polar surface area (TPSA) is 130 Å². The average molecular weight is 454 g/mol. The summed E-state index contributed by atoms with van der Waals surface area (Å²) in [5, 5.41) is 23.4. The molecule has 160 valence electrons. The molecule has 0 aliphatic heterocycles. The highest BCUT2D eigenvalue weighted by Crippen LogP contribution is 2.43. The molecule has 0 radical (unpaired) electrons. The summed E-state index contributed by atoms with van der Waals surface area (Å²) >= 11 is 2.98. The van der Waals surface area contributed by atoms with Crippen molar-refractivity contribution in [1.29, 1.82) is 5.26 Å². The van der Waals surface area contributed by atoms with Gasteiger partial charge in [0.05, 0.1) is 22.7 Å². The van der Waals surface area contributed by atoms with Gasteiger partial charge in [0.25, 0.3) is 0 Å². The van der Waals surface area contributed by atoms with Crippen LogP contribution in [0.5, 0.6) is 0 Å². The molecule has 0 atom stereocenters. The normalized spacial score (nSPS) is 11.3. The Morgan fingerprint density at radius 3 is 2.81 bits per heavy atom. The number of anilines is 1. The van der Waals surface area contributed by atoms with Gasteiger partial charge in [-0.1, -0.05) is 31.8 Å². The lowest BCUT2D eigenvalue weighted by atomic mass is 9.98. The molecular formula is C21H23N7OS2. The zero-order valence-corrected chi connectivity index (χ0v) is 19.3. The lowest BCUT2D eigenvalue weighted by Crippen LogP contribution is -1.98. The number of nitrogens with two attached hydrogens (primary N) is 1. The number of rotatable bonds is 8. The molecule has 0 unspecified atom stereocenters. The van der Waals surface area contributed by atoms with Crippen LogP contribution in [0.25, 0.3) is 33.9 Å². The molecule has 0 aliphatic rings. The highest BCUT2D eigenvalue weighted by Gasteiger charge is 2.28. The van der Waals surface area contributed by atoms with E-state index in [9.17, 15) is 5.26 Å². The van der Waals surface area contributed by atoms with Crippen molar-refractivity contribution >= 4 is 39.1 Å². The van der Waals surface area contributed by atoms with Gasteiger partial charge < -0.3 is 10.3 Å². The minimum Gasteiger partial charge on any atom is -0.389 e. The Kier molecular flexibility index (Phi) is 6.25. The molecule has 0 saturated carbocycles. The Hall–Kier alpha value is -2.90. The fourth-order valence-electron chi connectivity index (χ4n) is 3.59. The summed E-state index contributed by atoms with van der Waals surface area (Å²) in [5.41, 5.74) is 9.58. The first-order valence-corrected chi connectivity index (χ1v) is 12.2. The van der Waals surface area contributed by atoms with Crippen LogP contribution in [-0.2, 0) is 12.8 Å². The molecule has 0 spiro atoms. The number of fused-ring (bicyclic) bond motifs is 1. The molecule has 4 aromatic rings. The van der Waals surface area contributed by atoms with E-state index in [1.54, 1.807) is 6.20 Å². The molecule has 10 heteroatoms. The zero-order valence-electron chi connectivity index (χ0n) is 17.7. The van der Waals surface area contributed by atoms with E-state index in [-0.39, 0.29) is 0 Å². The lowest BCUT2D eigenvalue weighted by molar-refractivity contribution is 0.433. The Labute approximate surface area is 188 Å². The van der Waals surface area contributed by atoms with E-state index >= 15 is 0 Å². The van der Waals surface area contributed by atoms with Crippen LogP contribution >= 0.6 is 23.1 Å². The first-order valence-electron chi connectivity index (χ1n) is 10.2. The zero-order chi connectivity index (χ0) is 22.0. The summed E-state index contributed by atoms with van der Waals surface area (Å²) in [4.78, 5) is 10.4. The largest absolute Gasteiger partial charge is 0.389 e. The summed E-state index contributed by atoms with van der Waals surface area (Å²) in [7, 11) is 0. The molecule has 4 rings (SSSR count). The first kappa shape index (κ1) is 21.3. The van der Waals surface area contributed by atoms with Crippen LogP contribution in [0.15, 0.2) is 15.7 Å². The molecule has 0 fully saturated rings. The maximum Gasteiger partial charge on any atom is 0.185 e. The van der Waals surface area contributed by atoms with Gasteiger partial charge in [0.15, 0.2) is 22.9 Å². The fraction of sp³-hybridized carbons (Fsp3) is 0.381. The SMILES string of the molecule is CCCCc1c(-c2nc(SC)c3cn[nH]c3n2)noc1-c1c(CCC)sc(N)c1C#N. The van der Waals surface area contributed by atoms with Crippen LogP contribution in [0, 0.1) is 11.3 Å². The van der Waals surface area contributed by atoms with E-state index in [1.807, 2.05) is 6.26 Å². The van der Waals surface area contributed by atoms with Crippen LogP contribution in [0.4, 0.5) is 5.00 Å². The second-order valence-corrected chi connectivity index (χ2v) is 9.06. The number of H-pyrrole nitrogens is 1. The van der Waals surface area contributed by atoms with E-state index < -0.39 is 0 Å². The minimum absolute atomic E-state index is 0.462. The van der Waals surface area contributed by atoms with Gasteiger partial charge >= 0.3 is 0 Å². The quantitative estimate of drug-likeness (QED) is 0.275. The van der Waals surface area contributed by atoms with Gasteiger partial charge in [-0.15, -0.1) is 23.1 Å². The summed E-state index contributed by atoms with van der Waals surface area (Å²) < 4.78 is 5.88. The average Bonchev–Trinajstić information content (AvgIpc) is 3.48. The van der Waals surface area contributed by atoms with Gasteiger partial charge in [-0.3, -0.25) is 5.10 Å². The number of nitrogen functional groups attached to an aromatic ring is 1. The van der Waals surface area contributed by atoms with Crippen LogP contribution in [-0.4, -0.2) is 31.6 Å². The van der Waals surface area contributed by atoms with Crippen molar-refractivity contribution in [2.45, 2.75) is 51.0 Å². The third-order valence-corrected chi connectivity index (χ3v) is 6.85. The predicted octanol–water partition coefficient (Wildman–Crippen LogP) is 5.21. The number of nitrogens with zero attached hydrogens (tertiary/aromatic N) is 5. The van der Waals surface area contributed by atoms with Gasteiger partial charge in [-0.2, -0.15) is 10.4 Å². The molecule has 31 heavy (non-hydrogen) atoms. The Morgan fingerprint density at radius 1 is 1.26 bits per heavy atom. The summed E-state index contributed by atoms with van der Waals surface area (Å²) in [6.07, 6.45) is 8.17. The number of thioether (sulfide) groups is 1. The van der Waals surface area contributed by atoms with Gasteiger partial charge in [-0.25, -0.2) is 9.97 Å². The third-order valence-electron chi connectivity index (χ3n) is 5.07. The first-order chi connectivity index (χ1) is 15.1. The monoisotopic (exact) mass is 453 g/mol. The molecule has 8 nitrogen and oxygen atoms in total. The molecule has 0 bridgehead atoms. The number of nitriles is 1. The predicted molar refractivity (Wildman–Crippen MR) is 124 cm³/mol. The molecule has 0 aliphatic carbocycles.